The molecule has 4 amide bonds. The average molecular weight is 792 g/mol. The van der Waals surface area contributed by atoms with Crippen molar-refractivity contribution in [3.05, 3.63) is 77.1 Å². The maximum Gasteiger partial charge on any atom is 0.410 e. The van der Waals surface area contributed by atoms with Gasteiger partial charge in [0.2, 0.25) is 21.8 Å². The molecule has 5 aliphatic rings. The first-order valence-electron chi connectivity index (χ1n) is 18.7. The van der Waals surface area contributed by atoms with E-state index >= 15 is 0 Å². The summed E-state index contributed by atoms with van der Waals surface area (Å²) in [7, 11) is -3.91. The number of allylic oxidation sites excluding steroid dienone is 1. The summed E-state index contributed by atoms with van der Waals surface area (Å²) in [5.74, 6) is -2.72. The fraction of sp³-hybridized carbons (Fsp3) is 0.474. The Kier molecular flexibility index (Phi) is 10.1. The van der Waals surface area contributed by atoms with Crippen molar-refractivity contribution < 1.29 is 36.7 Å². The van der Waals surface area contributed by atoms with Crippen molar-refractivity contribution in [2.75, 3.05) is 11.9 Å². The van der Waals surface area contributed by atoms with Gasteiger partial charge in [-0.15, -0.1) is 11.3 Å². The molecule has 1 saturated heterocycles. The molecule has 8 rings (SSSR count). The molecule has 2 saturated carbocycles. The van der Waals surface area contributed by atoms with Gasteiger partial charge in [-0.25, -0.2) is 22.6 Å². The molecule has 290 valence electrons. The summed E-state index contributed by atoms with van der Waals surface area (Å²) >= 11 is 1.33. The van der Waals surface area contributed by atoms with Gasteiger partial charge in [-0.2, -0.15) is 0 Å². The lowest BCUT2D eigenvalue weighted by atomic mass is 10.1. The Morgan fingerprint density at radius 3 is 2.67 bits per heavy atom. The number of sulfonamides is 1. The smallest absolute Gasteiger partial charge is 0.410 e. The Morgan fingerprint density at radius 1 is 1.04 bits per heavy atom. The van der Waals surface area contributed by atoms with Gasteiger partial charge in [0.1, 0.15) is 35.2 Å². The van der Waals surface area contributed by atoms with Crippen LogP contribution in [-0.2, 0) is 42.2 Å². The summed E-state index contributed by atoms with van der Waals surface area (Å²) in [6.45, 7) is 0.0736. The van der Waals surface area contributed by atoms with Gasteiger partial charge in [0, 0.05) is 36.0 Å². The molecule has 3 fully saturated rings. The molecular weight excluding hydrogens is 750 g/mol. The number of aromatic nitrogens is 2. The lowest BCUT2D eigenvalue weighted by Crippen LogP contribution is -2.57. The van der Waals surface area contributed by atoms with Gasteiger partial charge in [0.15, 0.2) is 5.13 Å². The summed E-state index contributed by atoms with van der Waals surface area (Å²) in [5, 5.41) is 7.86. The molecule has 0 bridgehead atoms. The third-order valence-electron chi connectivity index (χ3n) is 11.0. The normalized spacial score (nSPS) is 26.9. The van der Waals surface area contributed by atoms with Crippen molar-refractivity contribution in [1.29, 1.82) is 0 Å². The van der Waals surface area contributed by atoms with Gasteiger partial charge in [-0.05, 0) is 62.3 Å². The number of hydrogen-bond acceptors (Lipinski definition) is 11. The van der Waals surface area contributed by atoms with Gasteiger partial charge in [0.05, 0.1) is 24.0 Å². The number of pyridine rings is 1. The second kappa shape index (κ2) is 15.0. The minimum Gasteiger partial charge on any atom is -0.444 e. The predicted octanol–water partition coefficient (Wildman–Crippen LogP) is 4.25. The van der Waals surface area contributed by atoms with E-state index in [0.717, 1.165) is 12.8 Å². The summed E-state index contributed by atoms with van der Waals surface area (Å²) < 4.78 is 48.2. The molecule has 5 atom stereocenters. The van der Waals surface area contributed by atoms with Crippen LogP contribution in [0.3, 0.4) is 0 Å². The highest BCUT2D eigenvalue weighted by atomic mass is 32.2. The Hall–Kier alpha value is -4.90. The van der Waals surface area contributed by atoms with E-state index in [1.807, 2.05) is 35.7 Å². The average Bonchev–Trinajstić information content (AvgIpc) is 3.97. The van der Waals surface area contributed by atoms with E-state index in [1.54, 1.807) is 18.3 Å². The van der Waals surface area contributed by atoms with Gasteiger partial charge < -0.3 is 20.3 Å². The molecule has 0 unspecified atom stereocenters. The maximum absolute atomic E-state index is 14.6. The summed E-state index contributed by atoms with van der Waals surface area (Å²) in [6.07, 6.45) is 8.40. The number of anilines is 1. The van der Waals surface area contributed by atoms with E-state index in [2.05, 4.69) is 25.3 Å². The molecule has 17 heteroatoms. The molecule has 0 radical (unpaired) electrons. The number of thiazole rings is 1. The van der Waals surface area contributed by atoms with Crippen LogP contribution in [0.5, 0.6) is 0 Å². The minimum atomic E-state index is -3.91. The zero-order valence-corrected chi connectivity index (χ0v) is 31.6. The minimum absolute atomic E-state index is 0.0245. The van der Waals surface area contributed by atoms with Gasteiger partial charge in [0.25, 0.3) is 5.91 Å². The number of carbonyl (C=O) groups excluding carboxylic acids is 4. The van der Waals surface area contributed by atoms with Crippen LogP contribution in [0.15, 0.2) is 60.1 Å². The number of fused-ring (bicyclic) bond motifs is 3. The third kappa shape index (κ3) is 7.81. The highest BCUT2D eigenvalue weighted by Crippen LogP contribution is 2.46. The van der Waals surface area contributed by atoms with Crippen molar-refractivity contribution >= 4 is 50.3 Å². The van der Waals surface area contributed by atoms with Gasteiger partial charge >= 0.3 is 6.09 Å². The van der Waals surface area contributed by atoms with E-state index in [-0.39, 0.29) is 32.5 Å². The van der Waals surface area contributed by atoms with Crippen molar-refractivity contribution in [3.8, 4) is 11.4 Å². The Morgan fingerprint density at radius 2 is 1.89 bits per heavy atom. The summed E-state index contributed by atoms with van der Waals surface area (Å²) in [4.78, 5) is 67.9. The molecule has 2 aliphatic carbocycles. The van der Waals surface area contributed by atoms with E-state index in [1.165, 1.54) is 27.2 Å². The number of nitrogens with one attached hydrogen (secondary N) is 3. The first kappa shape index (κ1) is 37.0. The van der Waals surface area contributed by atoms with Crippen molar-refractivity contribution in [2.24, 2.45) is 5.92 Å². The van der Waals surface area contributed by atoms with E-state index in [0.29, 0.717) is 59.8 Å². The van der Waals surface area contributed by atoms with E-state index < -0.39 is 74.5 Å². The molecule has 1 aromatic carbocycles. The summed E-state index contributed by atoms with van der Waals surface area (Å²) in [6, 6.07) is 8.24. The first-order valence-corrected chi connectivity index (χ1v) is 21.1. The Labute approximate surface area is 322 Å². The lowest BCUT2D eigenvalue weighted by Gasteiger charge is -2.29. The van der Waals surface area contributed by atoms with Gasteiger partial charge in [-0.1, -0.05) is 43.2 Å². The van der Waals surface area contributed by atoms with Crippen molar-refractivity contribution in [3.63, 3.8) is 0 Å². The Balaban J connectivity index is 1.06. The predicted molar refractivity (Wildman–Crippen MR) is 200 cm³/mol. The number of nitrogens with zero attached hydrogens (tertiary/aromatic N) is 4. The van der Waals surface area contributed by atoms with Crippen LogP contribution in [0, 0.1) is 11.7 Å². The van der Waals surface area contributed by atoms with Crippen LogP contribution in [-0.4, -0.2) is 87.5 Å². The van der Waals surface area contributed by atoms with Crippen LogP contribution in [0.1, 0.15) is 68.9 Å². The van der Waals surface area contributed by atoms with E-state index in [4.69, 9.17) is 4.74 Å². The second-order valence-corrected chi connectivity index (χ2v) is 17.8. The number of carbonyl (C=O) groups is 4. The van der Waals surface area contributed by atoms with Gasteiger partial charge in [-0.3, -0.25) is 29.0 Å². The SMILES string of the molecule is O=C1N[C@]2(C(=O)NS(=O)(=O)C3CC3)C[C@H]2C=CCCCCC[C@H](Nc2nc(-c3ccccn3)cs2)C(=O)N2C[C@H](OC(=O)N3Cc4cccc(F)c4C3)C[C@@H]12. The molecular formula is C38H42FN7O7S2. The zero-order valence-electron chi connectivity index (χ0n) is 30.0. The molecule has 3 aromatic rings. The van der Waals surface area contributed by atoms with Crippen molar-refractivity contribution in [1.82, 2.24) is 29.8 Å². The monoisotopic (exact) mass is 791 g/mol. The fourth-order valence-corrected chi connectivity index (χ4v) is 9.82. The third-order valence-corrected chi connectivity index (χ3v) is 13.6. The number of hydrogen-bond donors (Lipinski definition) is 3. The highest BCUT2D eigenvalue weighted by molar-refractivity contribution is 7.91. The Bertz CT molecular complexity index is 2130. The molecule has 14 nitrogen and oxygen atoms in total. The molecule has 0 spiro atoms. The largest absolute Gasteiger partial charge is 0.444 e. The standard InChI is InChI=1S/C38H42FN7O7S2/c39-28-11-8-9-23-19-45(21-27(23)28)37(50)53-25-17-32-33(47)43-38(35(49)44-55(51,52)26-14-15-26)18-24(38)10-4-2-1-3-5-13-30(34(48)46(32)20-25)41-36-42-31(22-54-36)29-12-6-7-16-40-29/h4,6-12,16,22,24-26,30,32H,1-3,5,13-15,17-21H2,(H,41,42)(H,43,47)(H,44,49)/t24-,25-,30+,32+,38-/m1/s1. The molecule has 5 heterocycles. The zero-order chi connectivity index (χ0) is 38.3. The van der Waals surface area contributed by atoms with Crippen LogP contribution >= 0.6 is 11.3 Å². The first-order chi connectivity index (χ1) is 26.5. The fourth-order valence-electron chi connectivity index (χ4n) is 7.70. The number of halogens is 1. The van der Waals surface area contributed by atoms with Crippen molar-refractivity contribution in [2.45, 2.75) is 99.9 Å². The lowest BCUT2D eigenvalue weighted by molar-refractivity contribution is -0.140. The molecule has 55 heavy (non-hydrogen) atoms. The highest BCUT2D eigenvalue weighted by Gasteiger charge is 2.62. The van der Waals surface area contributed by atoms with Crippen LogP contribution < -0.4 is 15.4 Å². The second-order valence-electron chi connectivity index (χ2n) is 14.9. The van der Waals surface area contributed by atoms with Crippen LogP contribution in [0.4, 0.5) is 14.3 Å². The molecule has 2 aromatic heterocycles. The molecule has 3 N–H and O–H groups in total. The van der Waals surface area contributed by atoms with Crippen LogP contribution in [0.25, 0.3) is 11.4 Å². The van der Waals surface area contributed by atoms with E-state index in [9.17, 15) is 32.0 Å². The summed E-state index contributed by atoms with van der Waals surface area (Å²) in [5.41, 5.74) is 0.888. The number of ether oxygens (including phenoxy) is 1. The topological polar surface area (TPSA) is 180 Å². The number of benzene rings is 1. The quantitative estimate of drug-likeness (QED) is 0.293. The van der Waals surface area contributed by atoms with Crippen LogP contribution in [0.2, 0.25) is 0 Å². The maximum atomic E-state index is 14.6. The molecule has 3 aliphatic heterocycles. The number of amides is 4. The number of rotatable bonds is 7.